The Labute approximate surface area is 146 Å². The summed E-state index contributed by atoms with van der Waals surface area (Å²) in [5.41, 5.74) is 4.07. The molecule has 0 amide bonds. The van der Waals surface area contributed by atoms with Crippen LogP contribution in [-0.2, 0) is 0 Å². The van der Waals surface area contributed by atoms with Gasteiger partial charge in [-0.25, -0.2) is 0 Å². The number of halogens is 1. The lowest BCUT2D eigenvalue weighted by Gasteiger charge is -2.32. The lowest BCUT2D eigenvalue weighted by atomic mass is 9.85. The van der Waals surface area contributed by atoms with Crippen LogP contribution in [-0.4, -0.2) is 0 Å². The van der Waals surface area contributed by atoms with E-state index in [2.05, 4.69) is 66.7 Å². The first kappa shape index (κ1) is 14.9. The molecule has 4 rings (SSSR count). The highest BCUT2D eigenvalue weighted by Crippen LogP contribution is 2.52. The van der Waals surface area contributed by atoms with Crippen molar-refractivity contribution in [3.63, 3.8) is 0 Å². The Hall–Kier alpha value is -1.70. The molecule has 3 aromatic rings. The van der Waals surface area contributed by atoms with E-state index in [1.54, 1.807) is 0 Å². The third-order valence-electron chi connectivity index (χ3n) is 4.47. The Kier molecular flexibility index (Phi) is 4.15. The summed E-state index contributed by atoms with van der Waals surface area (Å²) in [6.07, 6.45) is 1.08. The van der Waals surface area contributed by atoms with E-state index in [4.69, 9.17) is 11.6 Å². The second-order valence-corrected chi connectivity index (χ2v) is 7.52. The third kappa shape index (κ3) is 2.91. The maximum atomic E-state index is 6.47. The molecule has 0 N–H and O–H groups in total. The van der Waals surface area contributed by atoms with Gasteiger partial charge >= 0.3 is 0 Å². The molecule has 0 nitrogen and oxygen atoms in total. The van der Waals surface area contributed by atoms with E-state index < -0.39 is 0 Å². The SMILES string of the molecule is Clc1ccccc1[C@H]1C[C@@H](c2ccccc2)c2ccccc2S1. The van der Waals surface area contributed by atoms with Crippen LogP contribution in [0.15, 0.2) is 83.8 Å². The van der Waals surface area contributed by atoms with Crippen molar-refractivity contribution < 1.29 is 0 Å². The van der Waals surface area contributed by atoms with Gasteiger partial charge in [-0.15, -0.1) is 11.8 Å². The van der Waals surface area contributed by atoms with Gasteiger partial charge in [-0.1, -0.05) is 78.3 Å². The molecule has 0 aromatic heterocycles. The molecule has 0 fully saturated rings. The Balaban J connectivity index is 1.79. The lowest BCUT2D eigenvalue weighted by Crippen LogP contribution is -2.12. The molecule has 1 aliphatic heterocycles. The predicted octanol–water partition coefficient (Wildman–Crippen LogP) is 6.71. The standard InChI is InChI=1S/C21H17ClS/c22-19-12-6-4-11-17(19)21-14-18(15-8-2-1-3-9-15)16-10-5-7-13-20(16)23-21/h1-13,18,21H,14H2/t18-,21+/m0/s1. The van der Waals surface area contributed by atoms with Crippen LogP contribution < -0.4 is 0 Å². The Morgan fingerprint density at radius 3 is 2.17 bits per heavy atom. The first-order valence-electron chi connectivity index (χ1n) is 7.88. The van der Waals surface area contributed by atoms with Gasteiger partial charge in [-0.3, -0.25) is 0 Å². The van der Waals surface area contributed by atoms with E-state index in [-0.39, 0.29) is 0 Å². The van der Waals surface area contributed by atoms with Gasteiger partial charge in [0.1, 0.15) is 0 Å². The zero-order valence-corrected chi connectivity index (χ0v) is 14.2. The highest BCUT2D eigenvalue weighted by Gasteiger charge is 2.30. The van der Waals surface area contributed by atoms with Crippen molar-refractivity contribution in [1.29, 1.82) is 0 Å². The molecular weight excluding hydrogens is 320 g/mol. The van der Waals surface area contributed by atoms with Crippen molar-refractivity contribution in [1.82, 2.24) is 0 Å². The van der Waals surface area contributed by atoms with Gasteiger partial charge in [0.05, 0.1) is 0 Å². The molecule has 1 heterocycles. The number of hydrogen-bond donors (Lipinski definition) is 0. The van der Waals surface area contributed by atoms with Crippen LogP contribution in [0.25, 0.3) is 0 Å². The van der Waals surface area contributed by atoms with Crippen LogP contribution in [0.2, 0.25) is 5.02 Å². The van der Waals surface area contributed by atoms with Crippen LogP contribution in [0.5, 0.6) is 0 Å². The van der Waals surface area contributed by atoms with Gasteiger partial charge in [0.2, 0.25) is 0 Å². The van der Waals surface area contributed by atoms with Crippen LogP contribution in [0.1, 0.15) is 34.3 Å². The monoisotopic (exact) mass is 336 g/mol. The third-order valence-corrected chi connectivity index (χ3v) is 6.17. The number of rotatable bonds is 2. The minimum absolute atomic E-state index is 0.392. The molecule has 23 heavy (non-hydrogen) atoms. The molecule has 3 aromatic carbocycles. The highest BCUT2D eigenvalue weighted by atomic mass is 35.5. The fraction of sp³-hybridized carbons (Fsp3) is 0.143. The lowest BCUT2D eigenvalue weighted by molar-refractivity contribution is 0.677. The Morgan fingerprint density at radius 1 is 0.739 bits per heavy atom. The van der Waals surface area contributed by atoms with Crippen LogP contribution in [0.3, 0.4) is 0 Å². The molecule has 0 radical (unpaired) electrons. The van der Waals surface area contributed by atoms with Crippen LogP contribution in [0.4, 0.5) is 0 Å². The Bertz CT molecular complexity index is 813. The summed E-state index contributed by atoms with van der Waals surface area (Å²) in [5.74, 6) is 0.426. The molecule has 0 bridgehead atoms. The Morgan fingerprint density at radius 2 is 1.39 bits per heavy atom. The van der Waals surface area contributed by atoms with Crippen molar-refractivity contribution in [2.24, 2.45) is 0 Å². The number of hydrogen-bond acceptors (Lipinski definition) is 1. The molecule has 0 aliphatic carbocycles. The summed E-state index contributed by atoms with van der Waals surface area (Å²) in [6.45, 7) is 0. The van der Waals surface area contributed by atoms with E-state index in [0.717, 1.165) is 11.4 Å². The van der Waals surface area contributed by atoms with Gasteiger partial charge in [0.15, 0.2) is 0 Å². The van der Waals surface area contributed by atoms with E-state index in [9.17, 15) is 0 Å². The topological polar surface area (TPSA) is 0 Å². The van der Waals surface area contributed by atoms with Crippen LogP contribution >= 0.6 is 23.4 Å². The minimum atomic E-state index is 0.392. The maximum absolute atomic E-state index is 6.47. The second-order valence-electron chi connectivity index (χ2n) is 5.86. The summed E-state index contributed by atoms with van der Waals surface area (Å²) in [4.78, 5) is 1.37. The summed E-state index contributed by atoms with van der Waals surface area (Å²) in [7, 11) is 0. The molecule has 1 aliphatic rings. The van der Waals surface area contributed by atoms with Crippen LogP contribution in [0, 0.1) is 0 Å². The van der Waals surface area contributed by atoms with Crippen molar-refractivity contribution in [3.8, 4) is 0 Å². The highest BCUT2D eigenvalue weighted by molar-refractivity contribution is 7.99. The normalized spacial score (nSPS) is 20.0. The number of thioether (sulfide) groups is 1. The second kappa shape index (κ2) is 6.43. The first-order chi connectivity index (χ1) is 11.3. The predicted molar refractivity (Wildman–Crippen MR) is 99.4 cm³/mol. The molecule has 114 valence electrons. The number of fused-ring (bicyclic) bond motifs is 1. The van der Waals surface area contributed by atoms with Gasteiger partial charge < -0.3 is 0 Å². The molecule has 0 saturated carbocycles. The average Bonchev–Trinajstić information content (AvgIpc) is 2.62. The zero-order chi connectivity index (χ0) is 15.6. The maximum Gasteiger partial charge on any atom is 0.0449 e. The summed E-state index contributed by atoms with van der Waals surface area (Å²) in [6, 6.07) is 27.8. The van der Waals surface area contributed by atoms with Crippen molar-refractivity contribution in [3.05, 3.63) is 101 Å². The van der Waals surface area contributed by atoms with E-state index in [1.807, 2.05) is 23.9 Å². The van der Waals surface area contributed by atoms with Gasteiger partial charge in [0.25, 0.3) is 0 Å². The molecule has 0 spiro atoms. The van der Waals surface area contributed by atoms with E-state index >= 15 is 0 Å². The molecular formula is C21H17ClS. The fourth-order valence-electron chi connectivity index (χ4n) is 3.35. The van der Waals surface area contributed by atoms with Gasteiger partial charge in [-0.05, 0) is 35.2 Å². The number of benzene rings is 3. The van der Waals surface area contributed by atoms with Gasteiger partial charge in [0, 0.05) is 21.1 Å². The average molecular weight is 337 g/mol. The molecule has 2 heteroatoms. The molecule has 2 atom stereocenters. The fourth-order valence-corrected chi connectivity index (χ4v) is 5.11. The summed E-state index contributed by atoms with van der Waals surface area (Å²) >= 11 is 8.40. The molecule has 0 saturated heterocycles. The first-order valence-corrected chi connectivity index (χ1v) is 9.13. The van der Waals surface area contributed by atoms with Gasteiger partial charge in [-0.2, -0.15) is 0 Å². The molecule has 0 unspecified atom stereocenters. The quantitative estimate of drug-likeness (QED) is 0.501. The van der Waals surface area contributed by atoms with E-state index in [0.29, 0.717) is 11.2 Å². The smallest absolute Gasteiger partial charge is 0.0449 e. The largest absolute Gasteiger partial charge is 0.118 e. The van der Waals surface area contributed by atoms with Crippen molar-refractivity contribution in [2.75, 3.05) is 0 Å². The van der Waals surface area contributed by atoms with E-state index in [1.165, 1.54) is 21.6 Å². The van der Waals surface area contributed by atoms with Crippen molar-refractivity contribution in [2.45, 2.75) is 22.5 Å². The summed E-state index contributed by atoms with van der Waals surface area (Å²) < 4.78 is 0. The summed E-state index contributed by atoms with van der Waals surface area (Å²) in [5, 5.41) is 1.26. The van der Waals surface area contributed by atoms with Crippen molar-refractivity contribution >= 4 is 23.4 Å². The zero-order valence-electron chi connectivity index (χ0n) is 12.7. The minimum Gasteiger partial charge on any atom is -0.118 e.